The minimum Gasteiger partial charge on any atom is -0.456 e. The number of aromatic amines is 1. The number of hydrogen-bond acceptors (Lipinski definition) is 5. The minimum absolute atomic E-state index is 0.121. The Morgan fingerprint density at radius 3 is 2.55 bits per heavy atom. The number of halogens is 3. The lowest BCUT2D eigenvalue weighted by Crippen LogP contribution is -2.57. The summed E-state index contributed by atoms with van der Waals surface area (Å²) in [4.78, 5) is 28.0. The number of benzene rings is 1. The van der Waals surface area contributed by atoms with Crippen molar-refractivity contribution in [1.29, 1.82) is 0 Å². The fourth-order valence-electron chi connectivity index (χ4n) is 3.08. The fraction of sp³-hybridized carbons (Fsp3) is 0.368. The number of amides is 1. The zero-order chi connectivity index (χ0) is 21.1. The normalized spacial score (nSPS) is 24.2. The molecule has 1 aromatic carbocycles. The molecule has 10 heteroatoms. The van der Waals surface area contributed by atoms with Crippen LogP contribution in [0.15, 0.2) is 34.8 Å². The molecule has 0 unspecified atom stereocenters. The summed E-state index contributed by atoms with van der Waals surface area (Å²) < 4.78 is 17.6. The molecule has 1 amide bonds. The Balaban J connectivity index is 1.78. The van der Waals surface area contributed by atoms with Crippen LogP contribution in [0.4, 0.5) is 0 Å². The van der Waals surface area contributed by atoms with Crippen molar-refractivity contribution in [2.24, 2.45) is 0 Å². The number of methoxy groups -OCH3 is 1. The van der Waals surface area contributed by atoms with Crippen LogP contribution < -0.4 is 5.32 Å². The maximum atomic E-state index is 12.7. The van der Waals surface area contributed by atoms with Crippen LogP contribution in [-0.4, -0.2) is 48.5 Å². The van der Waals surface area contributed by atoms with Gasteiger partial charge in [-0.05, 0) is 37.3 Å². The van der Waals surface area contributed by atoms with Crippen molar-refractivity contribution >= 4 is 51.0 Å². The Kier molecular flexibility index (Phi) is 7.23. The zero-order valence-corrected chi connectivity index (χ0v) is 18.7. The van der Waals surface area contributed by atoms with E-state index in [1.165, 1.54) is 13.2 Å². The Morgan fingerprint density at radius 1 is 1.28 bits per heavy atom. The number of carbonyl (C=O) groups excluding carboxylic acids is 2. The first-order valence-electron chi connectivity index (χ1n) is 8.78. The maximum absolute atomic E-state index is 12.7. The number of nitrogens with one attached hydrogen (secondary N) is 2. The zero-order valence-electron chi connectivity index (χ0n) is 15.6. The third-order valence-electron chi connectivity index (χ3n) is 4.56. The number of aromatic nitrogens is 1. The number of rotatable bonds is 5. The summed E-state index contributed by atoms with van der Waals surface area (Å²) >= 11 is 15.2. The first-order valence-corrected chi connectivity index (χ1v) is 10.3. The second-order valence-corrected chi connectivity index (χ2v) is 8.26. The summed E-state index contributed by atoms with van der Waals surface area (Å²) in [6, 6.07) is 7.61. The molecule has 0 bridgehead atoms. The predicted octanol–water partition coefficient (Wildman–Crippen LogP) is 4.19. The van der Waals surface area contributed by atoms with Gasteiger partial charge in [0.25, 0.3) is 5.91 Å². The Morgan fingerprint density at radius 2 is 1.97 bits per heavy atom. The molecule has 2 heterocycles. The monoisotopic (exact) mass is 504 g/mol. The largest absolute Gasteiger partial charge is 0.456 e. The van der Waals surface area contributed by atoms with Crippen LogP contribution in [0.3, 0.4) is 0 Å². The van der Waals surface area contributed by atoms with Crippen molar-refractivity contribution in [3.8, 4) is 0 Å². The van der Waals surface area contributed by atoms with E-state index in [0.29, 0.717) is 5.56 Å². The molecular formula is C19H19BrCl2N2O5. The second-order valence-electron chi connectivity index (χ2n) is 6.53. The van der Waals surface area contributed by atoms with Crippen LogP contribution in [0.1, 0.15) is 34.2 Å². The van der Waals surface area contributed by atoms with Crippen LogP contribution in [-0.2, 0) is 14.2 Å². The standard InChI is InChI=1S/C19H19BrCl2N2O5/c1-9-16(24-18(25)17-12(21)7-14(22)23-17)13(8-15(27-2)28-9)29-19(26)10-3-5-11(20)6-4-10/h3-7,9,13,15-16,23H,8H2,1-2H3,(H,24,25)/t9-,13+,15+,16-/m1/s1. The van der Waals surface area contributed by atoms with Crippen LogP contribution in [0.25, 0.3) is 0 Å². The van der Waals surface area contributed by atoms with E-state index < -0.39 is 36.4 Å². The van der Waals surface area contributed by atoms with Gasteiger partial charge in [0.2, 0.25) is 0 Å². The van der Waals surface area contributed by atoms with Crippen LogP contribution in [0.5, 0.6) is 0 Å². The van der Waals surface area contributed by atoms with Crippen molar-refractivity contribution < 1.29 is 23.8 Å². The molecule has 1 saturated heterocycles. The molecule has 2 N–H and O–H groups in total. The summed E-state index contributed by atoms with van der Waals surface area (Å²) in [5, 5.41) is 3.25. The van der Waals surface area contributed by atoms with Crippen molar-refractivity contribution in [1.82, 2.24) is 10.3 Å². The van der Waals surface area contributed by atoms with E-state index in [0.717, 1.165) is 4.47 Å². The third kappa shape index (κ3) is 5.32. The molecule has 1 aliphatic heterocycles. The van der Waals surface area contributed by atoms with Gasteiger partial charge in [-0.1, -0.05) is 39.1 Å². The van der Waals surface area contributed by atoms with Gasteiger partial charge < -0.3 is 24.5 Å². The highest BCUT2D eigenvalue weighted by Gasteiger charge is 2.40. The number of esters is 1. The molecule has 1 aromatic heterocycles. The topological polar surface area (TPSA) is 89.6 Å². The third-order valence-corrected chi connectivity index (χ3v) is 5.59. The molecule has 3 rings (SSSR count). The summed E-state index contributed by atoms with van der Waals surface area (Å²) in [5.74, 6) is -0.991. The van der Waals surface area contributed by atoms with Crippen LogP contribution in [0.2, 0.25) is 10.2 Å². The SMILES string of the molecule is CO[C@@H]1C[C@H](OC(=O)c2ccc(Br)cc2)[C@H](NC(=O)c2[nH]c(Cl)cc2Cl)[C@@H](C)O1. The first-order chi connectivity index (χ1) is 13.8. The van der Waals surface area contributed by atoms with Gasteiger partial charge in [-0.2, -0.15) is 0 Å². The summed E-state index contributed by atoms with van der Waals surface area (Å²) in [6.07, 6.45) is -1.46. The maximum Gasteiger partial charge on any atom is 0.338 e. The predicted molar refractivity (Wildman–Crippen MR) is 111 cm³/mol. The van der Waals surface area contributed by atoms with E-state index in [1.807, 2.05) is 0 Å². The molecule has 0 saturated carbocycles. The van der Waals surface area contributed by atoms with Crippen molar-refractivity contribution in [3.05, 3.63) is 56.2 Å². The number of hydrogen-bond donors (Lipinski definition) is 2. The molecule has 0 aliphatic carbocycles. The van der Waals surface area contributed by atoms with Crippen molar-refractivity contribution in [3.63, 3.8) is 0 Å². The molecule has 29 heavy (non-hydrogen) atoms. The first kappa shape index (κ1) is 22.1. The molecule has 7 nitrogen and oxygen atoms in total. The van der Waals surface area contributed by atoms with Gasteiger partial charge in [0.05, 0.1) is 22.7 Å². The van der Waals surface area contributed by atoms with E-state index in [-0.39, 0.29) is 22.3 Å². The van der Waals surface area contributed by atoms with E-state index >= 15 is 0 Å². The van der Waals surface area contributed by atoms with E-state index in [2.05, 4.69) is 26.2 Å². The van der Waals surface area contributed by atoms with Gasteiger partial charge in [0.1, 0.15) is 17.0 Å². The highest BCUT2D eigenvalue weighted by atomic mass is 79.9. The lowest BCUT2D eigenvalue weighted by molar-refractivity contribution is -0.208. The van der Waals surface area contributed by atoms with Crippen molar-refractivity contribution in [2.75, 3.05) is 7.11 Å². The van der Waals surface area contributed by atoms with E-state index in [4.69, 9.17) is 37.4 Å². The van der Waals surface area contributed by atoms with E-state index in [1.54, 1.807) is 31.2 Å². The van der Waals surface area contributed by atoms with Gasteiger partial charge in [-0.25, -0.2) is 4.79 Å². The van der Waals surface area contributed by atoms with Gasteiger partial charge >= 0.3 is 5.97 Å². The Labute approximate surface area is 186 Å². The van der Waals surface area contributed by atoms with Gasteiger partial charge in [0.15, 0.2) is 6.29 Å². The molecular weight excluding hydrogens is 487 g/mol. The highest BCUT2D eigenvalue weighted by Crippen LogP contribution is 2.26. The van der Waals surface area contributed by atoms with Gasteiger partial charge in [-0.15, -0.1) is 0 Å². The molecule has 4 atom stereocenters. The molecule has 0 radical (unpaired) electrons. The lowest BCUT2D eigenvalue weighted by atomic mass is 9.98. The number of ether oxygens (including phenoxy) is 3. The van der Waals surface area contributed by atoms with Crippen LogP contribution >= 0.6 is 39.1 Å². The Hall–Kier alpha value is -1.58. The summed E-state index contributed by atoms with van der Waals surface area (Å²) in [5.41, 5.74) is 0.515. The Bertz CT molecular complexity index is 889. The number of H-pyrrole nitrogens is 1. The molecule has 1 aliphatic rings. The lowest BCUT2D eigenvalue weighted by Gasteiger charge is -2.39. The summed E-state index contributed by atoms with van der Waals surface area (Å²) in [6.45, 7) is 1.76. The molecule has 2 aromatic rings. The van der Waals surface area contributed by atoms with Crippen molar-refractivity contribution in [2.45, 2.75) is 37.9 Å². The molecule has 156 valence electrons. The van der Waals surface area contributed by atoms with Gasteiger partial charge in [0, 0.05) is 18.0 Å². The fourth-order valence-corrected chi connectivity index (χ4v) is 3.85. The van der Waals surface area contributed by atoms with Gasteiger partial charge in [-0.3, -0.25) is 4.79 Å². The average Bonchev–Trinajstić information content (AvgIpc) is 3.02. The quantitative estimate of drug-likeness (QED) is 0.594. The smallest absolute Gasteiger partial charge is 0.338 e. The molecule has 0 spiro atoms. The second kappa shape index (κ2) is 9.49. The molecule has 1 fully saturated rings. The summed E-state index contributed by atoms with van der Waals surface area (Å²) in [7, 11) is 1.50. The van der Waals surface area contributed by atoms with Crippen LogP contribution in [0, 0.1) is 0 Å². The van der Waals surface area contributed by atoms with E-state index in [9.17, 15) is 9.59 Å². The average molecular weight is 506 g/mol. The number of carbonyl (C=O) groups is 2. The highest BCUT2D eigenvalue weighted by molar-refractivity contribution is 9.10. The minimum atomic E-state index is -0.673.